The number of fused-ring (bicyclic) bond motifs is 1. The Bertz CT molecular complexity index is 798. The van der Waals surface area contributed by atoms with Crippen LogP contribution in [0.5, 0.6) is 0 Å². The zero-order chi connectivity index (χ0) is 15.0. The molecule has 21 heavy (non-hydrogen) atoms. The van der Waals surface area contributed by atoms with Gasteiger partial charge >= 0.3 is 5.97 Å². The molecular formula is C15H12O4S2. The molecule has 2 aromatic carbocycles. The third-order valence-electron chi connectivity index (χ3n) is 3.33. The van der Waals surface area contributed by atoms with Crippen LogP contribution in [0, 0.1) is 0 Å². The fourth-order valence-corrected chi connectivity index (χ4v) is 5.80. The summed E-state index contributed by atoms with van der Waals surface area (Å²) in [5.41, 5.74) is 0.702. The molecule has 0 fully saturated rings. The maximum Gasteiger partial charge on any atom is 0.335 e. The minimum atomic E-state index is -3.33. The van der Waals surface area contributed by atoms with Crippen molar-refractivity contribution in [1.82, 2.24) is 0 Å². The van der Waals surface area contributed by atoms with E-state index in [4.69, 9.17) is 5.11 Å². The Hall–Kier alpha value is -1.79. The largest absolute Gasteiger partial charge is 0.478 e. The molecule has 3 rings (SSSR count). The van der Waals surface area contributed by atoms with Gasteiger partial charge in [-0.1, -0.05) is 18.2 Å². The van der Waals surface area contributed by atoms with Crippen LogP contribution < -0.4 is 0 Å². The molecule has 4 nitrogen and oxygen atoms in total. The standard InChI is InChI=1S/C15H12O4S2/c16-15(17)10-6-7-14-12(8-10)13(9-21(14,18)19)20-11-4-2-1-3-5-11/h1-8,13H,9H2,(H,16,17). The summed E-state index contributed by atoms with van der Waals surface area (Å²) in [4.78, 5) is 12.3. The molecule has 108 valence electrons. The van der Waals surface area contributed by atoms with Crippen molar-refractivity contribution in [1.29, 1.82) is 0 Å². The van der Waals surface area contributed by atoms with Gasteiger partial charge in [0.2, 0.25) is 0 Å². The molecule has 1 aliphatic heterocycles. The zero-order valence-electron chi connectivity index (χ0n) is 10.9. The van der Waals surface area contributed by atoms with Gasteiger partial charge in [0.05, 0.1) is 21.5 Å². The summed E-state index contributed by atoms with van der Waals surface area (Å²) >= 11 is 1.44. The van der Waals surface area contributed by atoms with Crippen LogP contribution in [0.1, 0.15) is 21.2 Å². The molecule has 0 spiro atoms. The maximum atomic E-state index is 12.2. The number of hydrogen-bond acceptors (Lipinski definition) is 4. The molecule has 0 radical (unpaired) electrons. The first-order valence-electron chi connectivity index (χ1n) is 6.29. The Morgan fingerprint density at radius 1 is 1.14 bits per heavy atom. The van der Waals surface area contributed by atoms with Crippen LogP contribution in [-0.2, 0) is 9.84 Å². The highest BCUT2D eigenvalue weighted by Gasteiger charge is 2.35. The highest BCUT2D eigenvalue weighted by molar-refractivity contribution is 8.01. The van der Waals surface area contributed by atoms with E-state index >= 15 is 0 Å². The molecule has 1 unspecified atom stereocenters. The first kappa shape index (κ1) is 14.2. The van der Waals surface area contributed by atoms with Gasteiger partial charge in [-0.15, -0.1) is 11.8 Å². The van der Waals surface area contributed by atoms with E-state index in [-0.39, 0.29) is 21.5 Å². The summed E-state index contributed by atoms with van der Waals surface area (Å²) in [6.07, 6.45) is 0. The lowest BCUT2D eigenvalue weighted by Gasteiger charge is -2.10. The SMILES string of the molecule is O=C(O)c1ccc2c(c1)C(Sc1ccccc1)CS2(=O)=O. The second kappa shape index (κ2) is 5.20. The number of aromatic carboxylic acids is 1. The Morgan fingerprint density at radius 3 is 2.52 bits per heavy atom. The maximum absolute atomic E-state index is 12.2. The number of carboxylic acids is 1. The van der Waals surface area contributed by atoms with Crippen LogP contribution in [0.4, 0.5) is 0 Å². The summed E-state index contributed by atoms with van der Waals surface area (Å²) in [7, 11) is -3.33. The Balaban J connectivity index is 2.03. The minimum Gasteiger partial charge on any atom is -0.478 e. The van der Waals surface area contributed by atoms with Crippen molar-refractivity contribution >= 4 is 27.6 Å². The number of carboxylic acid groups (broad SMARTS) is 1. The van der Waals surface area contributed by atoms with E-state index in [2.05, 4.69) is 0 Å². The van der Waals surface area contributed by atoms with E-state index in [0.29, 0.717) is 5.56 Å². The van der Waals surface area contributed by atoms with Gasteiger partial charge in [-0.05, 0) is 35.9 Å². The van der Waals surface area contributed by atoms with E-state index in [1.807, 2.05) is 30.3 Å². The number of sulfone groups is 1. The van der Waals surface area contributed by atoms with Gasteiger partial charge < -0.3 is 5.11 Å². The third-order valence-corrected chi connectivity index (χ3v) is 6.61. The Morgan fingerprint density at radius 2 is 1.86 bits per heavy atom. The van der Waals surface area contributed by atoms with Crippen LogP contribution >= 0.6 is 11.8 Å². The van der Waals surface area contributed by atoms with Crippen molar-refractivity contribution in [2.24, 2.45) is 0 Å². The third kappa shape index (κ3) is 2.69. The molecular weight excluding hydrogens is 308 g/mol. The van der Waals surface area contributed by atoms with Gasteiger partial charge in [0.1, 0.15) is 0 Å². The topological polar surface area (TPSA) is 71.4 Å². The highest BCUT2D eigenvalue weighted by atomic mass is 32.2. The molecule has 0 saturated heterocycles. The van der Waals surface area contributed by atoms with Crippen LogP contribution in [0.15, 0.2) is 58.3 Å². The highest BCUT2D eigenvalue weighted by Crippen LogP contribution is 2.45. The summed E-state index contributed by atoms with van der Waals surface area (Å²) in [6, 6.07) is 13.7. The van der Waals surface area contributed by atoms with Crippen molar-refractivity contribution in [2.75, 3.05) is 5.75 Å². The Labute approximate surface area is 126 Å². The van der Waals surface area contributed by atoms with Gasteiger partial charge in [-0.25, -0.2) is 13.2 Å². The first-order chi connectivity index (χ1) is 9.97. The molecule has 0 aromatic heterocycles. The predicted octanol–water partition coefficient (Wildman–Crippen LogP) is 3.01. The molecule has 1 N–H and O–H groups in total. The fourth-order valence-electron chi connectivity index (χ4n) is 2.36. The molecule has 6 heteroatoms. The van der Waals surface area contributed by atoms with Crippen LogP contribution in [-0.4, -0.2) is 25.2 Å². The summed E-state index contributed by atoms with van der Waals surface area (Å²) in [5, 5.41) is 8.79. The van der Waals surface area contributed by atoms with Crippen molar-refractivity contribution in [3.8, 4) is 0 Å². The number of hydrogen-bond donors (Lipinski definition) is 1. The number of thioether (sulfide) groups is 1. The van der Waals surface area contributed by atoms with E-state index in [9.17, 15) is 13.2 Å². The normalized spacial score (nSPS) is 19.1. The Kier molecular flexibility index (Phi) is 3.51. The van der Waals surface area contributed by atoms with Crippen LogP contribution in [0.3, 0.4) is 0 Å². The van der Waals surface area contributed by atoms with Crippen molar-refractivity contribution < 1.29 is 18.3 Å². The lowest BCUT2D eigenvalue weighted by Crippen LogP contribution is -2.00. The quantitative estimate of drug-likeness (QED) is 0.941. The van der Waals surface area contributed by atoms with Crippen LogP contribution in [0.2, 0.25) is 0 Å². The van der Waals surface area contributed by atoms with Gasteiger partial charge in [0.25, 0.3) is 0 Å². The zero-order valence-corrected chi connectivity index (χ0v) is 12.5. The number of rotatable bonds is 3. The molecule has 2 aromatic rings. The molecule has 1 heterocycles. The average molecular weight is 320 g/mol. The van der Waals surface area contributed by atoms with E-state index < -0.39 is 15.8 Å². The van der Waals surface area contributed by atoms with Gasteiger partial charge in [-0.3, -0.25) is 0 Å². The van der Waals surface area contributed by atoms with Crippen molar-refractivity contribution in [3.63, 3.8) is 0 Å². The minimum absolute atomic E-state index is 0.00493. The fraction of sp³-hybridized carbons (Fsp3) is 0.133. The van der Waals surface area contributed by atoms with Gasteiger partial charge in [-0.2, -0.15) is 0 Å². The second-order valence-corrected chi connectivity index (χ2v) is 8.04. The lowest BCUT2D eigenvalue weighted by atomic mass is 10.1. The molecule has 1 atom stereocenters. The second-order valence-electron chi connectivity index (χ2n) is 4.76. The van der Waals surface area contributed by atoms with E-state index in [1.54, 1.807) is 0 Å². The van der Waals surface area contributed by atoms with Gasteiger partial charge in [0.15, 0.2) is 9.84 Å². The van der Waals surface area contributed by atoms with Crippen molar-refractivity contribution in [2.45, 2.75) is 15.0 Å². The summed E-state index contributed by atoms with van der Waals surface area (Å²) < 4.78 is 24.3. The number of carbonyl (C=O) groups is 1. The molecule has 0 aliphatic carbocycles. The predicted molar refractivity (Wildman–Crippen MR) is 80.5 cm³/mol. The number of benzene rings is 2. The summed E-state index contributed by atoms with van der Waals surface area (Å²) in [6.45, 7) is 0. The van der Waals surface area contributed by atoms with E-state index in [1.165, 1.54) is 30.0 Å². The molecule has 0 saturated carbocycles. The lowest BCUT2D eigenvalue weighted by molar-refractivity contribution is 0.0696. The van der Waals surface area contributed by atoms with E-state index in [0.717, 1.165) is 4.90 Å². The first-order valence-corrected chi connectivity index (χ1v) is 8.82. The monoisotopic (exact) mass is 320 g/mol. The van der Waals surface area contributed by atoms with Gasteiger partial charge in [0, 0.05) is 4.90 Å². The molecule has 1 aliphatic rings. The smallest absolute Gasteiger partial charge is 0.335 e. The molecule has 0 amide bonds. The van der Waals surface area contributed by atoms with Crippen LogP contribution in [0.25, 0.3) is 0 Å². The average Bonchev–Trinajstić information content (AvgIpc) is 2.71. The molecule has 0 bridgehead atoms. The summed E-state index contributed by atoms with van der Waals surface area (Å²) in [5.74, 6) is -1.05. The van der Waals surface area contributed by atoms with Crippen molar-refractivity contribution in [3.05, 3.63) is 59.7 Å².